The van der Waals surface area contributed by atoms with Crippen molar-refractivity contribution in [2.45, 2.75) is 12.8 Å². The summed E-state index contributed by atoms with van der Waals surface area (Å²) in [5, 5.41) is 18.2. The lowest BCUT2D eigenvalue weighted by Crippen LogP contribution is -2.30. The smallest absolute Gasteiger partial charge is 0.423 e. The quantitative estimate of drug-likeness (QED) is 0.671. The lowest BCUT2D eigenvalue weighted by molar-refractivity contribution is 0.352. The number of hydrogen-bond acceptors (Lipinski definition) is 3. The lowest BCUT2D eigenvalue weighted by Gasteiger charge is -2.10. The van der Waals surface area contributed by atoms with Gasteiger partial charge in [-0.2, -0.15) is 0 Å². The van der Waals surface area contributed by atoms with E-state index in [0.717, 1.165) is 25.9 Å². The SMILES string of the molecule is CN1CCc2ccc(B(O)O)cc2CC1.Cl. The summed E-state index contributed by atoms with van der Waals surface area (Å²) in [5.41, 5.74) is 3.19. The zero-order chi connectivity index (χ0) is 10.8. The van der Waals surface area contributed by atoms with Gasteiger partial charge in [-0.25, -0.2) is 0 Å². The molecule has 0 fully saturated rings. The summed E-state index contributed by atoms with van der Waals surface area (Å²) < 4.78 is 0. The monoisotopic (exact) mass is 241 g/mol. The van der Waals surface area contributed by atoms with E-state index in [4.69, 9.17) is 10.0 Å². The fourth-order valence-electron chi connectivity index (χ4n) is 2.02. The Balaban J connectivity index is 0.00000128. The van der Waals surface area contributed by atoms with Crippen molar-refractivity contribution >= 4 is 25.0 Å². The standard InChI is InChI=1S/C11H16BNO2.ClH/c1-13-6-4-9-2-3-11(12(14)15)8-10(9)5-7-13;/h2-3,8,14-15H,4-7H2,1H3;1H. The Bertz CT molecular complexity index is 360. The van der Waals surface area contributed by atoms with Crippen LogP contribution in [0.4, 0.5) is 0 Å². The van der Waals surface area contributed by atoms with E-state index in [0.29, 0.717) is 5.46 Å². The maximum Gasteiger partial charge on any atom is 0.488 e. The fraction of sp³-hybridized carbons (Fsp3) is 0.455. The molecule has 0 atom stereocenters. The molecule has 3 nitrogen and oxygen atoms in total. The highest BCUT2D eigenvalue weighted by atomic mass is 35.5. The fourth-order valence-corrected chi connectivity index (χ4v) is 2.02. The van der Waals surface area contributed by atoms with Crippen LogP contribution in [0.1, 0.15) is 11.1 Å². The van der Waals surface area contributed by atoms with Crippen LogP contribution in [0.5, 0.6) is 0 Å². The molecule has 0 saturated heterocycles. The third-order valence-electron chi connectivity index (χ3n) is 3.05. The minimum atomic E-state index is -1.35. The topological polar surface area (TPSA) is 43.7 Å². The number of hydrogen-bond donors (Lipinski definition) is 2. The third-order valence-corrected chi connectivity index (χ3v) is 3.05. The van der Waals surface area contributed by atoms with Crippen molar-refractivity contribution < 1.29 is 10.0 Å². The van der Waals surface area contributed by atoms with Crippen molar-refractivity contribution in [2.75, 3.05) is 20.1 Å². The predicted octanol–water partition coefficient (Wildman–Crippen LogP) is -0.181. The zero-order valence-corrected chi connectivity index (χ0v) is 10.2. The molecule has 1 aromatic rings. The van der Waals surface area contributed by atoms with Gasteiger partial charge in [-0.15, -0.1) is 12.4 Å². The van der Waals surface area contributed by atoms with E-state index in [9.17, 15) is 0 Å². The van der Waals surface area contributed by atoms with Gasteiger partial charge >= 0.3 is 7.12 Å². The second kappa shape index (κ2) is 5.68. The van der Waals surface area contributed by atoms with E-state index in [2.05, 4.69) is 11.9 Å². The number of nitrogens with zero attached hydrogens (tertiary/aromatic N) is 1. The van der Waals surface area contributed by atoms with Gasteiger partial charge in [0.15, 0.2) is 0 Å². The molecular weight excluding hydrogens is 224 g/mol. The van der Waals surface area contributed by atoms with Crippen LogP contribution in [-0.4, -0.2) is 42.2 Å². The van der Waals surface area contributed by atoms with Crippen LogP contribution in [0.2, 0.25) is 0 Å². The van der Waals surface area contributed by atoms with Gasteiger partial charge in [0.1, 0.15) is 0 Å². The third kappa shape index (κ3) is 2.98. The van der Waals surface area contributed by atoms with Gasteiger partial charge in [-0.1, -0.05) is 18.2 Å². The van der Waals surface area contributed by atoms with Crippen LogP contribution in [0.3, 0.4) is 0 Å². The molecule has 16 heavy (non-hydrogen) atoms. The Labute approximate surface area is 103 Å². The highest BCUT2D eigenvalue weighted by molar-refractivity contribution is 6.58. The minimum Gasteiger partial charge on any atom is -0.423 e. The molecule has 88 valence electrons. The number of rotatable bonds is 1. The Morgan fingerprint density at radius 1 is 1.12 bits per heavy atom. The molecule has 1 aromatic carbocycles. The molecule has 1 aliphatic heterocycles. The van der Waals surface area contributed by atoms with Gasteiger partial charge in [0.25, 0.3) is 0 Å². The second-order valence-corrected chi connectivity index (χ2v) is 4.21. The van der Waals surface area contributed by atoms with E-state index in [1.165, 1.54) is 11.1 Å². The molecule has 0 saturated carbocycles. The molecule has 0 bridgehead atoms. The molecule has 2 N–H and O–H groups in total. The van der Waals surface area contributed by atoms with Crippen LogP contribution in [0.15, 0.2) is 18.2 Å². The van der Waals surface area contributed by atoms with Crippen molar-refractivity contribution in [3.05, 3.63) is 29.3 Å². The summed E-state index contributed by atoms with van der Waals surface area (Å²) in [6.07, 6.45) is 2.04. The molecule has 1 aliphatic rings. The normalized spacial score (nSPS) is 15.9. The number of fused-ring (bicyclic) bond motifs is 1. The van der Waals surface area contributed by atoms with Crippen molar-refractivity contribution in [3.8, 4) is 0 Å². The van der Waals surface area contributed by atoms with Crippen LogP contribution in [0, 0.1) is 0 Å². The van der Waals surface area contributed by atoms with E-state index >= 15 is 0 Å². The summed E-state index contributed by atoms with van der Waals surface area (Å²) in [5.74, 6) is 0. The summed E-state index contributed by atoms with van der Waals surface area (Å²) in [7, 11) is 0.768. The molecule has 2 rings (SSSR count). The first kappa shape index (κ1) is 13.5. The molecule has 1 heterocycles. The first-order chi connectivity index (χ1) is 7.16. The highest BCUT2D eigenvalue weighted by Gasteiger charge is 2.15. The van der Waals surface area contributed by atoms with Gasteiger partial charge in [0.05, 0.1) is 0 Å². The predicted molar refractivity (Wildman–Crippen MR) is 68.4 cm³/mol. The van der Waals surface area contributed by atoms with E-state index < -0.39 is 7.12 Å². The zero-order valence-electron chi connectivity index (χ0n) is 9.39. The summed E-state index contributed by atoms with van der Waals surface area (Å²) in [6, 6.07) is 5.73. The maximum atomic E-state index is 9.09. The number of likely N-dealkylation sites (N-methyl/N-ethyl adjacent to an activating group) is 1. The van der Waals surface area contributed by atoms with Gasteiger partial charge in [-0.3, -0.25) is 0 Å². The first-order valence-corrected chi connectivity index (χ1v) is 5.33. The van der Waals surface area contributed by atoms with Gasteiger partial charge in [0.2, 0.25) is 0 Å². The average Bonchev–Trinajstić information content (AvgIpc) is 2.40. The van der Waals surface area contributed by atoms with Crippen LogP contribution >= 0.6 is 12.4 Å². The lowest BCUT2D eigenvalue weighted by atomic mass is 9.78. The molecule has 0 amide bonds. The number of halogens is 1. The Morgan fingerprint density at radius 3 is 2.38 bits per heavy atom. The van der Waals surface area contributed by atoms with Crippen molar-refractivity contribution in [2.24, 2.45) is 0 Å². The molecule has 5 heteroatoms. The summed E-state index contributed by atoms with van der Waals surface area (Å²) in [6.45, 7) is 2.12. The van der Waals surface area contributed by atoms with E-state index in [-0.39, 0.29) is 12.4 Å². The largest absolute Gasteiger partial charge is 0.488 e. The molecule has 0 aliphatic carbocycles. The molecule has 0 spiro atoms. The summed E-state index contributed by atoms with van der Waals surface area (Å²) in [4.78, 5) is 2.30. The molecule has 0 radical (unpaired) electrons. The Hall–Kier alpha value is -0.545. The average molecular weight is 242 g/mol. The summed E-state index contributed by atoms with van der Waals surface area (Å²) >= 11 is 0. The van der Waals surface area contributed by atoms with Crippen molar-refractivity contribution in [1.29, 1.82) is 0 Å². The van der Waals surface area contributed by atoms with Crippen LogP contribution in [-0.2, 0) is 12.8 Å². The van der Waals surface area contributed by atoms with E-state index in [1.807, 2.05) is 12.1 Å². The molecule has 0 aromatic heterocycles. The van der Waals surface area contributed by atoms with Crippen LogP contribution in [0.25, 0.3) is 0 Å². The Morgan fingerprint density at radius 2 is 1.75 bits per heavy atom. The van der Waals surface area contributed by atoms with Gasteiger partial charge in [0, 0.05) is 13.1 Å². The van der Waals surface area contributed by atoms with Crippen molar-refractivity contribution in [3.63, 3.8) is 0 Å². The van der Waals surface area contributed by atoms with Gasteiger partial charge in [-0.05, 0) is 36.5 Å². The molecule has 0 unspecified atom stereocenters. The second-order valence-electron chi connectivity index (χ2n) is 4.21. The minimum absolute atomic E-state index is 0. The number of benzene rings is 1. The maximum absolute atomic E-state index is 9.09. The highest BCUT2D eigenvalue weighted by Crippen LogP contribution is 2.13. The van der Waals surface area contributed by atoms with Crippen molar-refractivity contribution in [1.82, 2.24) is 4.90 Å². The van der Waals surface area contributed by atoms with Gasteiger partial charge < -0.3 is 14.9 Å². The van der Waals surface area contributed by atoms with Crippen LogP contribution < -0.4 is 5.46 Å². The Kier molecular flexibility index (Phi) is 4.80. The molecular formula is C11H17BClNO2. The van der Waals surface area contributed by atoms with E-state index in [1.54, 1.807) is 6.07 Å². The first-order valence-electron chi connectivity index (χ1n) is 5.33.